The van der Waals surface area contributed by atoms with Gasteiger partial charge in [-0.15, -0.1) is 0 Å². The van der Waals surface area contributed by atoms with Crippen LogP contribution in [0.1, 0.15) is 37.7 Å². The molecule has 0 aromatic heterocycles. The molecule has 0 radical (unpaired) electrons. The second-order valence-electron chi connectivity index (χ2n) is 5.52. The van der Waals surface area contributed by atoms with Crippen molar-refractivity contribution in [1.82, 2.24) is 5.32 Å². The van der Waals surface area contributed by atoms with Crippen molar-refractivity contribution in [3.63, 3.8) is 0 Å². The van der Waals surface area contributed by atoms with Crippen molar-refractivity contribution in [3.05, 3.63) is 29.8 Å². The van der Waals surface area contributed by atoms with Crippen molar-refractivity contribution in [2.45, 2.75) is 38.5 Å². The van der Waals surface area contributed by atoms with E-state index in [0.717, 1.165) is 17.9 Å². The number of carbonyl (C=O) groups excluding carboxylic acids is 1. The van der Waals surface area contributed by atoms with Crippen LogP contribution in [-0.2, 0) is 11.2 Å². The molecular weight excluding hydrogens is 268 g/mol. The maximum atomic E-state index is 11.9. The van der Waals surface area contributed by atoms with E-state index in [0.29, 0.717) is 18.7 Å². The van der Waals surface area contributed by atoms with E-state index in [2.05, 4.69) is 10.6 Å². The third kappa shape index (κ3) is 5.10. The molecule has 5 nitrogen and oxygen atoms in total. The number of amides is 2. The van der Waals surface area contributed by atoms with Crippen LogP contribution in [0.2, 0.25) is 0 Å². The second kappa shape index (κ2) is 7.67. The van der Waals surface area contributed by atoms with Gasteiger partial charge in [-0.3, -0.25) is 4.79 Å². The smallest absolute Gasteiger partial charge is 0.319 e. The van der Waals surface area contributed by atoms with Crippen LogP contribution in [-0.4, -0.2) is 23.7 Å². The van der Waals surface area contributed by atoms with Gasteiger partial charge in [-0.1, -0.05) is 37.5 Å². The summed E-state index contributed by atoms with van der Waals surface area (Å²) in [7, 11) is 0. The first kappa shape index (κ1) is 15.4. The van der Waals surface area contributed by atoms with Gasteiger partial charge in [0.25, 0.3) is 0 Å². The molecule has 1 aliphatic carbocycles. The van der Waals surface area contributed by atoms with Gasteiger partial charge >= 0.3 is 12.0 Å². The lowest BCUT2D eigenvalue weighted by Crippen LogP contribution is -2.31. The molecule has 2 rings (SSSR count). The molecule has 1 aromatic rings. The Balaban J connectivity index is 1.79. The van der Waals surface area contributed by atoms with Gasteiger partial charge in [0.2, 0.25) is 0 Å². The standard InChI is InChI=1S/C16H22N2O3/c19-15(20)9-8-13-6-1-2-7-14(13)18-16(21)17-11-10-12-4-3-5-12/h1-2,6-7,12H,3-5,8-11H2,(H,19,20)(H2,17,18,21). The van der Waals surface area contributed by atoms with E-state index in [1.807, 2.05) is 18.2 Å². The molecular formula is C16H22N2O3. The Labute approximate surface area is 124 Å². The minimum Gasteiger partial charge on any atom is -0.481 e. The molecule has 0 atom stereocenters. The highest BCUT2D eigenvalue weighted by Crippen LogP contribution is 2.28. The molecule has 114 valence electrons. The van der Waals surface area contributed by atoms with E-state index in [1.54, 1.807) is 6.07 Å². The van der Waals surface area contributed by atoms with Crippen molar-refractivity contribution < 1.29 is 14.7 Å². The van der Waals surface area contributed by atoms with Crippen molar-refractivity contribution >= 4 is 17.7 Å². The molecule has 0 heterocycles. The number of nitrogens with one attached hydrogen (secondary N) is 2. The Morgan fingerprint density at radius 1 is 1.24 bits per heavy atom. The Morgan fingerprint density at radius 2 is 2.00 bits per heavy atom. The number of carboxylic acids is 1. The number of hydrogen-bond acceptors (Lipinski definition) is 2. The fourth-order valence-corrected chi connectivity index (χ4v) is 2.44. The maximum absolute atomic E-state index is 11.9. The van der Waals surface area contributed by atoms with Crippen molar-refractivity contribution in [2.24, 2.45) is 5.92 Å². The molecule has 1 aliphatic rings. The summed E-state index contributed by atoms with van der Waals surface area (Å²) in [5.74, 6) is -0.0668. The summed E-state index contributed by atoms with van der Waals surface area (Å²) in [6.45, 7) is 0.688. The number of aliphatic carboxylic acids is 1. The summed E-state index contributed by atoms with van der Waals surface area (Å²) in [6, 6.07) is 7.08. The first-order chi connectivity index (χ1) is 10.1. The molecule has 5 heteroatoms. The number of para-hydroxylation sites is 1. The number of anilines is 1. The monoisotopic (exact) mass is 290 g/mol. The molecule has 0 spiro atoms. The second-order valence-corrected chi connectivity index (χ2v) is 5.52. The highest BCUT2D eigenvalue weighted by atomic mass is 16.4. The number of benzene rings is 1. The molecule has 1 saturated carbocycles. The molecule has 21 heavy (non-hydrogen) atoms. The average Bonchev–Trinajstić information content (AvgIpc) is 2.40. The van der Waals surface area contributed by atoms with Crippen LogP contribution in [0.5, 0.6) is 0 Å². The number of rotatable bonds is 7. The van der Waals surface area contributed by atoms with Crippen molar-refractivity contribution in [1.29, 1.82) is 0 Å². The van der Waals surface area contributed by atoms with Crippen LogP contribution in [0.3, 0.4) is 0 Å². The van der Waals surface area contributed by atoms with E-state index >= 15 is 0 Å². The largest absolute Gasteiger partial charge is 0.481 e. The zero-order valence-corrected chi connectivity index (χ0v) is 12.1. The Morgan fingerprint density at radius 3 is 2.67 bits per heavy atom. The lowest BCUT2D eigenvalue weighted by molar-refractivity contribution is -0.136. The number of carboxylic acid groups (broad SMARTS) is 1. The normalized spacial score (nSPS) is 14.3. The van der Waals surface area contributed by atoms with E-state index in [4.69, 9.17) is 5.11 Å². The van der Waals surface area contributed by atoms with Crippen LogP contribution >= 0.6 is 0 Å². The number of aryl methyl sites for hydroxylation is 1. The summed E-state index contributed by atoms with van der Waals surface area (Å²) < 4.78 is 0. The fourth-order valence-electron chi connectivity index (χ4n) is 2.44. The summed E-state index contributed by atoms with van der Waals surface area (Å²) in [4.78, 5) is 22.5. The predicted octanol–water partition coefficient (Wildman–Crippen LogP) is 3.02. The Bertz CT molecular complexity index is 498. The molecule has 1 aromatic carbocycles. The third-order valence-corrected chi connectivity index (χ3v) is 3.94. The van der Waals surface area contributed by atoms with Crippen molar-refractivity contribution in [3.8, 4) is 0 Å². The molecule has 3 N–H and O–H groups in total. The van der Waals surface area contributed by atoms with Gasteiger partial charge in [0.1, 0.15) is 0 Å². The van der Waals surface area contributed by atoms with Gasteiger partial charge < -0.3 is 15.7 Å². The van der Waals surface area contributed by atoms with Gasteiger partial charge in [-0.05, 0) is 30.4 Å². The van der Waals surface area contributed by atoms with Gasteiger partial charge in [0, 0.05) is 18.7 Å². The molecule has 1 fully saturated rings. The topological polar surface area (TPSA) is 78.4 Å². The van der Waals surface area contributed by atoms with E-state index < -0.39 is 5.97 Å². The van der Waals surface area contributed by atoms with Crippen molar-refractivity contribution in [2.75, 3.05) is 11.9 Å². The number of urea groups is 1. The lowest BCUT2D eigenvalue weighted by Gasteiger charge is -2.25. The van der Waals surface area contributed by atoms with Crippen LogP contribution in [0.25, 0.3) is 0 Å². The number of carbonyl (C=O) groups is 2. The molecule has 0 saturated heterocycles. The maximum Gasteiger partial charge on any atom is 0.319 e. The average molecular weight is 290 g/mol. The fraction of sp³-hybridized carbons (Fsp3) is 0.500. The summed E-state index contributed by atoms with van der Waals surface area (Å²) in [5.41, 5.74) is 1.52. The Kier molecular flexibility index (Phi) is 5.60. The van der Waals surface area contributed by atoms with Crippen LogP contribution in [0.4, 0.5) is 10.5 Å². The molecule has 2 amide bonds. The Hall–Kier alpha value is -2.04. The van der Waals surface area contributed by atoms with Crippen LogP contribution in [0, 0.1) is 5.92 Å². The molecule has 0 unspecified atom stereocenters. The van der Waals surface area contributed by atoms with Gasteiger partial charge in [0.05, 0.1) is 0 Å². The van der Waals surface area contributed by atoms with E-state index in [1.165, 1.54) is 19.3 Å². The minimum atomic E-state index is -0.838. The lowest BCUT2D eigenvalue weighted by atomic mass is 9.83. The third-order valence-electron chi connectivity index (χ3n) is 3.94. The minimum absolute atomic E-state index is 0.0575. The summed E-state index contributed by atoms with van der Waals surface area (Å²) in [5, 5.41) is 14.4. The number of hydrogen-bond donors (Lipinski definition) is 3. The highest BCUT2D eigenvalue weighted by Gasteiger charge is 2.17. The van der Waals surface area contributed by atoms with Gasteiger partial charge in [-0.2, -0.15) is 0 Å². The summed E-state index contributed by atoms with van der Waals surface area (Å²) in [6.07, 6.45) is 5.38. The zero-order valence-electron chi connectivity index (χ0n) is 12.1. The zero-order chi connectivity index (χ0) is 15.1. The molecule has 0 bridgehead atoms. The van der Waals surface area contributed by atoms with Gasteiger partial charge in [0.15, 0.2) is 0 Å². The van der Waals surface area contributed by atoms with Gasteiger partial charge in [-0.25, -0.2) is 4.79 Å². The SMILES string of the molecule is O=C(O)CCc1ccccc1NC(=O)NCCC1CCC1. The first-order valence-electron chi connectivity index (χ1n) is 7.49. The van der Waals surface area contributed by atoms with E-state index in [9.17, 15) is 9.59 Å². The first-order valence-corrected chi connectivity index (χ1v) is 7.49. The van der Waals surface area contributed by atoms with E-state index in [-0.39, 0.29) is 12.5 Å². The van der Waals surface area contributed by atoms with Crippen LogP contribution < -0.4 is 10.6 Å². The summed E-state index contributed by atoms with van der Waals surface area (Å²) >= 11 is 0. The predicted molar refractivity (Wildman–Crippen MR) is 81.4 cm³/mol. The van der Waals surface area contributed by atoms with Crippen LogP contribution in [0.15, 0.2) is 24.3 Å². The highest BCUT2D eigenvalue weighted by molar-refractivity contribution is 5.90. The molecule has 0 aliphatic heterocycles. The quantitative estimate of drug-likeness (QED) is 0.722.